The zero-order valence-electron chi connectivity index (χ0n) is 16.1. The van der Waals surface area contributed by atoms with E-state index in [-0.39, 0.29) is 5.91 Å². The molecule has 5 rings (SSSR count). The monoisotopic (exact) mass is 407 g/mol. The smallest absolute Gasteiger partial charge is 0.274 e. The lowest BCUT2D eigenvalue weighted by Crippen LogP contribution is -2.41. The second kappa shape index (κ2) is 7.57. The molecule has 3 heterocycles. The average Bonchev–Trinajstić information content (AvgIpc) is 3.19. The normalized spacial score (nSPS) is 15.6. The molecule has 0 spiro atoms. The number of ether oxygens (including phenoxy) is 2. The molecular weight excluding hydrogens is 386 g/mol. The number of rotatable bonds is 3. The van der Waals surface area contributed by atoms with Crippen LogP contribution in [0.5, 0.6) is 5.75 Å². The lowest BCUT2D eigenvalue weighted by Gasteiger charge is -2.26. The van der Waals surface area contributed by atoms with E-state index < -0.39 is 0 Å². The van der Waals surface area contributed by atoms with E-state index >= 15 is 0 Å². The third-order valence-corrected chi connectivity index (χ3v) is 6.38. The summed E-state index contributed by atoms with van der Waals surface area (Å²) < 4.78 is 12.7. The Balaban J connectivity index is 1.67. The van der Waals surface area contributed by atoms with Crippen LogP contribution in [0.3, 0.4) is 0 Å². The van der Waals surface area contributed by atoms with Crippen molar-refractivity contribution in [2.45, 2.75) is 10.6 Å². The molecule has 0 aliphatic carbocycles. The number of morpholine rings is 1. The van der Waals surface area contributed by atoms with Crippen LogP contribution < -0.4 is 4.74 Å². The number of carbonyl (C=O) groups is 1. The molecule has 29 heavy (non-hydrogen) atoms. The number of thioether (sulfide) groups is 1. The summed E-state index contributed by atoms with van der Waals surface area (Å²) in [6.07, 6.45) is 0. The fourth-order valence-corrected chi connectivity index (χ4v) is 4.90. The van der Waals surface area contributed by atoms with E-state index in [1.807, 2.05) is 46.0 Å². The maximum Gasteiger partial charge on any atom is 0.274 e. The molecule has 0 saturated carbocycles. The number of amides is 1. The topological polar surface area (TPSA) is 56.6 Å². The number of aromatic nitrogens is 2. The highest BCUT2D eigenvalue weighted by molar-refractivity contribution is 7.98. The fraction of sp³-hybridized carbons (Fsp3) is 0.273. The Hall–Kier alpha value is -2.77. The molecule has 1 saturated heterocycles. The van der Waals surface area contributed by atoms with Crippen LogP contribution in [0.25, 0.3) is 16.9 Å². The predicted molar refractivity (Wildman–Crippen MR) is 112 cm³/mol. The van der Waals surface area contributed by atoms with Gasteiger partial charge in [-0.2, -0.15) is 5.10 Å². The zero-order chi connectivity index (χ0) is 19.8. The SMILES string of the molecule is COc1ccc2c(c1)SCc1c(C(=O)N3CCOCC3)nn(-c3ccccc3)c1-2. The summed E-state index contributed by atoms with van der Waals surface area (Å²) in [7, 11) is 1.67. The Bertz CT molecular complexity index is 1060. The highest BCUT2D eigenvalue weighted by Crippen LogP contribution is 2.45. The first-order valence-electron chi connectivity index (χ1n) is 9.62. The number of para-hydroxylation sites is 1. The molecule has 7 heteroatoms. The van der Waals surface area contributed by atoms with Gasteiger partial charge in [-0.05, 0) is 30.3 Å². The van der Waals surface area contributed by atoms with Gasteiger partial charge in [-0.3, -0.25) is 4.79 Å². The van der Waals surface area contributed by atoms with Crippen molar-refractivity contribution in [3.05, 3.63) is 59.8 Å². The third kappa shape index (κ3) is 3.20. The number of benzene rings is 2. The van der Waals surface area contributed by atoms with Crippen molar-refractivity contribution < 1.29 is 14.3 Å². The number of nitrogens with zero attached hydrogens (tertiary/aromatic N) is 3. The lowest BCUT2D eigenvalue weighted by atomic mass is 10.0. The van der Waals surface area contributed by atoms with Crippen molar-refractivity contribution in [2.75, 3.05) is 33.4 Å². The first kappa shape index (κ1) is 18.3. The summed E-state index contributed by atoms with van der Waals surface area (Å²) in [4.78, 5) is 16.3. The maximum atomic E-state index is 13.3. The molecule has 148 valence electrons. The van der Waals surface area contributed by atoms with Crippen LogP contribution >= 0.6 is 11.8 Å². The summed E-state index contributed by atoms with van der Waals surface area (Å²) in [6.45, 7) is 2.36. The Kier molecular flexibility index (Phi) is 4.77. The van der Waals surface area contributed by atoms with Gasteiger partial charge in [0.1, 0.15) is 5.75 Å². The fourth-order valence-electron chi connectivity index (χ4n) is 3.80. The molecule has 2 aliphatic rings. The summed E-state index contributed by atoms with van der Waals surface area (Å²) in [5.74, 6) is 1.51. The lowest BCUT2D eigenvalue weighted by molar-refractivity contribution is 0.0298. The minimum atomic E-state index is -0.0169. The van der Waals surface area contributed by atoms with Gasteiger partial charge in [0.25, 0.3) is 5.91 Å². The summed E-state index contributed by atoms with van der Waals surface area (Å²) in [5, 5.41) is 4.82. The molecule has 0 N–H and O–H groups in total. The second-order valence-electron chi connectivity index (χ2n) is 6.98. The highest BCUT2D eigenvalue weighted by atomic mass is 32.2. The number of hydrogen-bond donors (Lipinski definition) is 0. The molecule has 1 aromatic heterocycles. The Morgan fingerprint density at radius 1 is 1.14 bits per heavy atom. The van der Waals surface area contributed by atoms with Gasteiger partial charge in [-0.1, -0.05) is 18.2 Å². The Morgan fingerprint density at radius 2 is 1.93 bits per heavy atom. The van der Waals surface area contributed by atoms with Gasteiger partial charge in [-0.15, -0.1) is 11.8 Å². The van der Waals surface area contributed by atoms with Crippen molar-refractivity contribution >= 4 is 17.7 Å². The molecule has 2 aromatic carbocycles. The molecule has 0 atom stereocenters. The van der Waals surface area contributed by atoms with Crippen LogP contribution in [0, 0.1) is 0 Å². The number of fused-ring (bicyclic) bond motifs is 3. The van der Waals surface area contributed by atoms with E-state index in [1.54, 1.807) is 18.9 Å². The van der Waals surface area contributed by atoms with Crippen LogP contribution in [0.4, 0.5) is 0 Å². The van der Waals surface area contributed by atoms with Gasteiger partial charge in [-0.25, -0.2) is 4.68 Å². The highest BCUT2D eigenvalue weighted by Gasteiger charge is 2.32. The third-order valence-electron chi connectivity index (χ3n) is 5.30. The van der Waals surface area contributed by atoms with E-state index in [2.05, 4.69) is 12.1 Å². The van der Waals surface area contributed by atoms with Crippen LogP contribution in [0.2, 0.25) is 0 Å². The van der Waals surface area contributed by atoms with Crippen molar-refractivity contribution in [1.29, 1.82) is 0 Å². The van der Waals surface area contributed by atoms with Crippen LogP contribution in [-0.2, 0) is 10.5 Å². The average molecular weight is 407 g/mol. The molecule has 0 radical (unpaired) electrons. The standard InChI is InChI=1S/C22H21N3O3S/c1-27-16-7-8-17-19(13-16)29-14-18-20(22(26)24-9-11-28-12-10-24)23-25(21(17)18)15-5-3-2-4-6-15/h2-8,13H,9-12,14H2,1H3. The largest absolute Gasteiger partial charge is 0.497 e. The van der Waals surface area contributed by atoms with Gasteiger partial charge >= 0.3 is 0 Å². The molecule has 0 unspecified atom stereocenters. The molecule has 3 aromatic rings. The van der Waals surface area contributed by atoms with Crippen LogP contribution in [-0.4, -0.2) is 54.0 Å². The van der Waals surface area contributed by atoms with Gasteiger partial charge in [0.2, 0.25) is 0 Å². The number of hydrogen-bond acceptors (Lipinski definition) is 5. The predicted octanol–water partition coefficient (Wildman–Crippen LogP) is 3.63. The van der Waals surface area contributed by atoms with Crippen LogP contribution in [0.1, 0.15) is 16.1 Å². The quantitative estimate of drug-likeness (QED) is 0.664. The van der Waals surface area contributed by atoms with Gasteiger partial charge in [0.15, 0.2) is 5.69 Å². The van der Waals surface area contributed by atoms with Gasteiger partial charge < -0.3 is 14.4 Å². The van der Waals surface area contributed by atoms with Crippen molar-refractivity contribution in [3.63, 3.8) is 0 Å². The molecule has 2 aliphatic heterocycles. The van der Waals surface area contributed by atoms with Gasteiger partial charge in [0, 0.05) is 34.9 Å². The first-order valence-corrected chi connectivity index (χ1v) is 10.6. The van der Waals surface area contributed by atoms with E-state index in [4.69, 9.17) is 14.6 Å². The second-order valence-corrected chi connectivity index (χ2v) is 8.00. The van der Waals surface area contributed by atoms with E-state index in [1.165, 1.54) is 0 Å². The number of methoxy groups -OCH3 is 1. The molecule has 1 fully saturated rings. The molecule has 1 amide bonds. The van der Waals surface area contributed by atoms with E-state index in [9.17, 15) is 4.79 Å². The summed E-state index contributed by atoms with van der Waals surface area (Å²) in [6, 6.07) is 16.0. The van der Waals surface area contributed by atoms with Crippen molar-refractivity contribution in [3.8, 4) is 22.7 Å². The zero-order valence-corrected chi connectivity index (χ0v) is 16.9. The minimum Gasteiger partial charge on any atom is -0.497 e. The first-order chi connectivity index (χ1) is 14.3. The maximum absolute atomic E-state index is 13.3. The van der Waals surface area contributed by atoms with Crippen molar-refractivity contribution in [2.24, 2.45) is 0 Å². The summed E-state index contributed by atoms with van der Waals surface area (Å²) >= 11 is 1.72. The molecular formula is C22H21N3O3S. The van der Waals surface area contributed by atoms with Gasteiger partial charge in [0.05, 0.1) is 31.7 Å². The molecule has 0 bridgehead atoms. The van der Waals surface area contributed by atoms with E-state index in [0.717, 1.165) is 33.2 Å². The molecule has 6 nitrogen and oxygen atoms in total. The van der Waals surface area contributed by atoms with E-state index in [0.29, 0.717) is 37.8 Å². The van der Waals surface area contributed by atoms with Crippen LogP contribution in [0.15, 0.2) is 53.4 Å². The minimum absolute atomic E-state index is 0.0169. The Labute approximate surface area is 173 Å². The summed E-state index contributed by atoms with van der Waals surface area (Å²) in [5.41, 5.74) is 4.55. The Morgan fingerprint density at radius 3 is 2.69 bits per heavy atom. The number of carbonyl (C=O) groups excluding carboxylic acids is 1. The van der Waals surface area contributed by atoms with Crippen molar-refractivity contribution in [1.82, 2.24) is 14.7 Å².